The quantitative estimate of drug-likeness (QED) is 0.515. The molecule has 7 nitrogen and oxygen atoms in total. The Morgan fingerprint density at radius 1 is 1.59 bits per heavy atom. The molecule has 114 valence electrons. The van der Waals surface area contributed by atoms with Gasteiger partial charge in [-0.15, -0.1) is 11.3 Å². The van der Waals surface area contributed by atoms with Crippen LogP contribution < -0.4 is 5.43 Å². The number of carbonyl (C=O) groups is 1. The highest BCUT2D eigenvalue weighted by Crippen LogP contribution is 2.24. The van der Waals surface area contributed by atoms with E-state index in [0.717, 1.165) is 5.69 Å². The minimum Gasteiger partial charge on any atom is -0.273 e. The Labute approximate surface area is 134 Å². The first-order valence-corrected chi connectivity index (χ1v) is 7.38. The van der Waals surface area contributed by atoms with Crippen LogP contribution in [0, 0.1) is 17.0 Å². The van der Waals surface area contributed by atoms with E-state index in [1.54, 1.807) is 6.07 Å². The maximum Gasteiger partial charge on any atom is 0.288 e. The molecule has 1 aromatic carbocycles. The van der Waals surface area contributed by atoms with Crippen LogP contribution in [-0.4, -0.2) is 22.0 Å². The van der Waals surface area contributed by atoms with Gasteiger partial charge in [0.05, 0.1) is 17.6 Å². The van der Waals surface area contributed by atoms with Gasteiger partial charge in [-0.05, 0) is 13.0 Å². The number of nitro groups is 1. The fourth-order valence-electron chi connectivity index (χ4n) is 1.59. The molecule has 0 aliphatic heterocycles. The number of thiazole rings is 1. The molecule has 0 spiro atoms. The average Bonchev–Trinajstić information content (AvgIpc) is 2.85. The summed E-state index contributed by atoms with van der Waals surface area (Å²) in [6, 6.07) is 4.25. The summed E-state index contributed by atoms with van der Waals surface area (Å²) >= 11 is 7.11. The molecule has 9 heteroatoms. The van der Waals surface area contributed by atoms with E-state index in [4.69, 9.17) is 11.6 Å². The van der Waals surface area contributed by atoms with Gasteiger partial charge in [0.2, 0.25) is 5.91 Å². The fraction of sp³-hybridized carbons (Fsp3) is 0.154. The molecule has 1 aromatic heterocycles. The van der Waals surface area contributed by atoms with Crippen LogP contribution in [-0.2, 0) is 11.2 Å². The molecule has 0 radical (unpaired) electrons. The standard InChI is InChI=1S/C13H11ClN4O3S/c1-8-7-22-13(16-8)5-12(19)17-15-6-9-2-3-10(14)11(4-9)18(20)21/h2-4,6-7H,5H2,1H3,(H,17,19)/b15-6-. The molecule has 2 rings (SSSR count). The monoisotopic (exact) mass is 338 g/mol. The maximum absolute atomic E-state index is 11.7. The molecule has 2 aromatic rings. The number of nitro benzene ring substituents is 1. The van der Waals surface area contributed by atoms with Gasteiger partial charge in [-0.2, -0.15) is 5.10 Å². The van der Waals surface area contributed by atoms with Crippen LogP contribution >= 0.6 is 22.9 Å². The van der Waals surface area contributed by atoms with Crippen molar-refractivity contribution in [2.24, 2.45) is 5.10 Å². The summed E-state index contributed by atoms with van der Waals surface area (Å²) in [6.07, 6.45) is 1.45. The number of nitrogens with one attached hydrogen (secondary N) is 1. The second-order valence-electron chi connectivity index (χ2n) is 4.32. The molecule has 0 saturated carbocycles. The van der Waals surface area contributed by atoms with E-state index < -0.39 is 4.92 Å². The maximum atomic E-state index is 11.7. The molecule has 1 N–H and O–H groups in total. The van der Waals surface area contributed by atoms with Crippen LogP contribution in [0.2, 0.25) is 5.02 Å². The highest BCUT2D eigenvalue weighted by molar-refractivity contribution is 7.09. The minimum absolute atomic E-state index is 0.0466. The van der Waals surface area contributed by atoms with Gasteiger partial charge in [-0.1, -0.05) is 17.7 Å². The average molecular weight is 339 g/mol. The van der Waals surface area contributed by atoms with Crippen LogP contribution in [0.5, 0.6) is 0 Å². The molecule has 0 unspecified atom stereocenters. The lowest BCUT2D eigenvalue weighted by atomic mass is 10.2. The lowest BCUT2D eigenvalue weighted by molar-refractivity contribution is -0.384. The third kappa shape index (κ3) is 4.34. The van der Waals surface area contributed by atoms with Crippen molar-refractivity contribution < 1.29 is 9.72 Å². The van der Waals surface area contributed by atoms with E-state index in [-0.39, 0.29) is 23.0 Å². The van der Waals surface area contributed by atoms with Gasteiger partial charge in [0, 0.05) is 22.7 Å². The van der Waals surface area contributed by atoms with Crippen molar-refractivity contribution in [1.82, 2.24) is 10.4 Å². The van der Waals surface area contributed by atoms with Gasteiger partial charge in [-0.3, -0.25) is 14.9 Å². The summed E-state index contributed by atoms with van der Waals surface area (Å²) in [5.41, 5.74) is 3.46. The molecule has 0 bridgehead atoms. The van der Waals surface area contributed by atoms with Crippen molar-refractivity contribution in [2.45, 2.75) is 13.3 Å². The summed E-state index contributed by atoms with van der Waals surface area (Å²) in [5, 5.41) is 17.1. The van der Waals surface area contributed by atoms with Gasteiger partial charge >= 0.3 is 0 Å². The molecule has 1 amide bonds. The Hall–Kier alpha value is -2.32. The molecule has 0 aliphatic carbocycles. The second-order valence-corrected chi connectivity index (χ2v) is 5.67. The Morgan fingerprint density at radius 3 is 3.00 bits per heavy atom. The van der Waals surface area contributed by atoms with Gasteiger partial charge in [0.25, 0.3) is 5.69 Å². The van der Waals surface area contributed by atoms with Crippen molar-refractivity contribution >= 4 is 40.7 Å². The van der Waals surface area contributed by atoms with Crippen molar-refractivity contribution in [3.8, 4) is 0 Å². The van der Waals surface area contributed by atoms with E-state index >= 15 is 0 Å². The van der Waals surface area contributed by atoms with E-state index in [0.29, 0.717) is 10.6 Å². The Morgan fingerprint density at radius 2 is 2.36 bits per heavy atom. The number of hydrazone groups is 1. The Bertz CT molecular complexity index is 745. The van der Waals surface area contributed by atoms with E-state index in [1.165, 1.54) is 29.7 Å². The first kappa shape index (κ1) is 16.1. The minimum atomic E-state index is -0.580. The molecular weight excluding hydrogens is 328 g/mol. The molecular formula is C13H11ClN4O3S. The SMILES string of the molecule is Cc1csc(CC(=O)N/N=C\c2ccc(Cl)c([N+](=O)[O-])c2)n1. The summed E-state index contributed by atoms with van der Waals surface area (Å²) in [6.45, 7) is 1.85. The third-order valence-corrected chi connectivity index (χ3v) is 3.83. The highest BCUT2D eigenvalue weighted by Gasteiger charge is 2.12. The first-order valence-electron chi connectivity index (χ1n) is 6.12. The normalized spacial score (nSPS) is 10.8. The van der Waals surface area contributed by atoms with Crippen LogP contribution in [0.3, 0.4) is 0 Å². The number of aryl methyl sites for hydroxylation is 1. The smallest absolute Gasteiger partial charge is 0.273 e. The van der Waals surface area contributed by atoms with E-state index in [1.807, 2.05) is 12.3 Å². The molecule has 1 heterocycles. The van der Waals surface area contributed by atoms with Gasteiger partial charge in [-0.25, -0.2) is 10.4 Å². The Balaban J connectivity index is 1.96. The van der Waals surface area contributed by atoms with Crippen molar-refractivity contribution in [3.63, 3.8) is 0 Å². The number of aromatic nitrogens is 1. The number of amides is 1. The number of carbonyl (C=O) groups excluding carboxylic acids is 1. The number of nitrogens with zero attached hydrogens (tertiary/aromatic N) is 3. The van der Waals surface area contributed by atoms with Crippen LogP contribution in [0.4, 0.5) is 5.69 Å². The first-order chi connectivity index (χ1) is 10.5. The molecule has 0 fully saturated rings. The summed E-state index contributed by atoms with van der Waals surface area (Å²) in [5.74, 6) is -0.311. The zero-order valence-electron chi connectivity index (χ0n) is 11.4. The number of rotatable bonds is 5. The predicted molar refractivity (Wildman–Crippen MR) is 84.4 cm³/mol. The zero-order chi connectivity index (χ0) is 16.1. The van der Waals surface area contributed by atoms with Crippen LogP contribution in [0.25, 0.3) is 0 Å². The largest absolute Gasteiger partial charge is 0.288 e. The van der Waals surface area contributed by atoms with Crippen LogP contribution in [0.1, 0.15) is 16.3 Å². The molecule has 0 atom stereocenters. The molecule has 22 heavy (non-hydrogen) atoms. The highest BCUT2D eigenvalue weighted by atomic mass is 35.5. The fourth-order valence-corrected chi connectivity index (χ4v) is 2.55. The summed E-state index contributed by atoms with van der Waals surface area (Å²) in [7, 11) is 0. The lowest BCUT2D eigenvalue weighted by Crippen LogP contribution is -2.19. The second kappa shape index (κ2) is 7.10. The van der Waals surface area contributed by atoms with Crippen molar-refractivity contribution in [3.05, 3.63) is 55.0 Å². The summed E-state index contributed by atoms with van der Waals surface area (Å²) in [4.78, 5) is 26.0. The number of benzene rings is 1. The van der Waals surface area contributed by atoms with Crippen molar-refractivity contribution in [2.75, 3.05) is 0 Å². The third-order valence-electron chi connectivity index (χ3n) is 2.55. The lowest BCUT2D eigenvalue weighted by Gasteiger charge is -1.98. The summed E-state index contributed by atoms with van der Waals surface area (Å²) < 4.78 is 0. The van der Waals surface area contributed by atoms with Gasteiger partial charge < -0.3 is 0 Å². The van der Waals surface area contributed by atoms with Gasteiger partial charge in [0.15, 0.2) is 0 Å². The van der Waals surface area contributed by atoms with Crippen LogP contribution in [0.15, 0.2) is 28.7 Å². The number of hydrogen-bond donors (Lipinski definition) is 1. The molecule has 0 aliphatic rings. The number of halogens is 1. The van der Waals surface area contributed by atoms with E-state index in [9.17, 15) is 14.9 Å². The van der Waals surface area contributed by atoms with Gasteiger partial charge in [0.1, 0.15) is 10.0 Å². The zero-order valence-corrected chi connectivity index (χ0v) is 13.0. The topological polar surface area (TPSA) is 97.5 Å². The molecule has 0 saturated heterocycles. The van der Waals surface area contributed by atoms with E-state index in [2.05, 4.69) is 15.5 Å². The predicted octanol–water partition coefficient (Wildman–Crippen LogP) is 2.71. The van der Waals surface area contributed by atoms with Crippen molar-refractivity contribution in [1.29, 1.82) is 0 Å². The number of hydrogen-bond acceptors (Lipinski definition) is 6. The Kier molecular flexibility index (Phi) is 5.18.